The number of hydrogen-bond donors (Lipinski definition) is 0. The van der Waals surface area contributed by atoms with Gasteiger partial charge in [-0.25, -0.2) is 0 Å². The molecule has 2 unspecified atom stereocenters. The van der Waals surface area contributed by atoms with Crippen LogP contribution in [-0.2, 0) is 50.2 Å². The summed E-state index contributed by atoms with van der Waals surface area (Å²) in [5.74, 6) is 0. The van der Waals surface area contributed by atoms with E-state index in [9.17, 15) is 14.4 Å². The molecule has 0 amide bonds. The Morgan fingerprint density at radius 3 is 1.14 bits per heavy atom. The van der Waals surface area contributed by atoms with Crippen molar-refractivity contribution >= 4 is 66.2 Å². The Hall–Kier alpha value is 0.543. The third kappa shape index (κ3) is 6.78. The van der Waals surface area contributed by atoms with Gasteiger partial charge in [0.25, 0.3) is 0 Å². The van der Waals surface area contributed by atoms with E-state index in [1.165, 1.54) is 14.4 Å². The molecular formula is C19H26Cl2FeO3P2Zr. The van der Waals surface area contributed by atoms with Crippen molar-refractivity contribution in [1.29, 1.82) is 0 Å². The zero-order chi connectivity index (χ0) is 20.3. The van der Waals surface area contributed by atoms with Crippen LogP contribution in [0, 0.1) is 0 Å². The molecular weight excluding hydrogens is 556 g/mol. The van der Waals surface area contributed by atoms with Crippen LogP contribution in [-0.4, -0.2) is 30.7 Å². The van der Waals surface area contributed by atoms with Gasteiger partial charge in [0, 0.05) is 0 Å². The number of rotatable bonds is 2. The van der Waals surface area contributed by atoms with Gasteiger partial charge >= 0.3 is 175 Å². The van der Waals surface area contributed by atoms with Gasteiger partial charge in [0.05, 0.1) is 0 Å². The average molecular weight is 582 g/mol. The van der Waals surface area contributed by atoms with E-state index in [0.717, 1.165) is 0 Å². The molecule has 28 heavy (non-hydrogen) atoms. The van der Waals surface area contributed by atoms with Crippen molar-refractivity contribution in [1.82, 2.24) is 0 Å². The van der Waals surface area contributed by atoms with Crippen LogP contribution in [0.2, 0.25) is 0 Å². The van der Waals surface area contributed by atoms with Crippen LogP contribution >= 0.6 is 41.2 Å². The summed E-state index contributed by atoms with van der Waals surface area (Å²) >= 11 is -2.69. The summed E-state index contributed by atoms with van der Waals surface area (Å²) in [6.45, 7) is 19.1. The minimum absolute atomic E-state index is 0. The minimum atomic E-state index is -2.12. The Morgan fingerprint density at radius 2 is 1.00 bits per heavy atom. The van der Waals surface area contributed by atoms with Crippen LogP contribution < -0.4 is 0 Å². The fourth-order valence-electron chi connectivity index (χ4n) is 3.04. The molecule has 0 N–H and O–H groups in total. The van der Waals surface area contributed by atoms with Crippen molar-refractivity contribution in [3.05, 3.63) is 22.3 Å². The molecule has 0 fully saturated rings. The third-order valence-electron chi connectivity index (χ3n) is 5.16. The second-order valence-electron chi connectivity index (χ2n) is 6.65. The first-order valence-corrected chi connectivity index (χ1v) is 13.9. The fourth-order valence-corrected chi connectivity index (χ4v) is 16.6. The van der Waals surface area contributed by atoms with E-state index in [1.807, 2.05) is 0 Å². The van der Waals surface area contributed by atoms with Gasteiger partial charge in [0.1, 0.15) is 0 Å². The van der Waals surface area contributed by atoms with Crippen LogP contribution in [0.5, 0.6) is 0 Å². The molecule has 156 valence electrons. The molecule has 2 atom stereocenters. The third-order valence-corrected chi connectivity index (χ3v) is 15.9. The SMILES string of the molecule is CC1=P[C](C)([Zr][C]2(C)P=C(C)C(C)=C2C)C(C)=C1C.Cl.Cl.O=[C]=[Fe](=[C]=O)=[C]=O. The van der Waals surface area contributed by atoms with Crippen molar-refractivity contribution in [2.24, 2.45) is 0 Å². The Morgan fingerprint density at radius 1 is 0.714 bits per heavy atom. The van der Waals surface area contributed by atoms with E-state index in [1.54, 1.807) is 49.3 Å². The molecule has 0 saturated heterocycles. The molecule has 2 rings (SSSR count). The molecule has 0 bridgehead atoms. The van der Waals surface area contributed by atoms with E-state index in [0.29, 0.717) is 5.73 Å². The second-order valence-corrected chi connectivity index (χ2v) is 19.3. The first-order chi connectivity index (χ1) is 12.0. The van der Waals surface area contributed by atoms with Gasteiger partial charge in [0.2, 0.25) is 0 Å². The Bertz CT molecular complexity index is 899. The standard InChI is InChI=1S/2C8H12P.3CO.2ClH.Fe.Zr/c2*1-5-6(2)8(4)9-7(5)3;3*1-2;;;;/h2*1-4H3;;;;2*1H;;. The normalized spacial score (nSPS) is 26.5. The number of carbonyl (C=O) groups excluding carboxylic acids is 3. The summed E-state index contributed by atoms with van der Waals surface area (Å²) in [5, 5.41) is 3.22. The molecule has 0 aromatic carbocycles. The molecule has 0 aliphatic carbocycles. The topological polar surface area (TPSA) is 51.2 Å². The Balaban J connectivity index is 0. The average Bonchev–Trinajstić information content (AvgIpc) is 2.89. The van der Waals surface area contributed by atoms with Gasteiger partial charge in [-0.05, 0) is 0 Å². The van der Waals surface area contributed by atoms with Crippen molar-refractivity contribution in [2.45, 2.75) is 61.1 Å². The van der Waals surface area contributed by atoms with Crippen LogP contribution in [0.3, 0.4) is 0 Å². The van der Waals surface area contributed by atoms with Crippen LogP contribution in [0.15, 0.2) is 22.3 Å². The summed E-state index contributed by atoms with van der Waals surface area (Å²) < 4.78 is 1.01. The maximum atomic E-state index is 9.35. The van der Waals surface area contributed by atoms with E-state index >= 15 is 0 Å². The zero-order valence-electron chi connectivity index (χ0n) is 17.3. The van der Waals surface area contributed by atoms with Crippen molar-refractivity contribution in [3.63, 3.8) is 0 Å². The van der Waals surface area contributed by atoms with Gasteiger partial charge in [0.15, 0.2) is 0 Å². The van der Waals surface area contributed by atoms with Gasteiger partial charge < -0.3 is 0 Å². The first kappa shape index (κ1) is 30.7. The summed E-state index contributed by atoms with van der Waals surface area (Å²) in [5.41, 5.74) is 6.54. The predicted molar refractivity (Wildman–Crippen MR) is 120 cm³/mol. The van der Waals surface area contributed by atoms with E-state index in [-0.39, 0.29) is 24.8 Å². The first-order valence-electron chi connectivity index (χ1n) is 8.04. The molecule has 2 aliphatic rings. The molecule has 0 radical (unpaired) electrons. The van der Waals surface area contributed by atoms with E-state index in [2.05, 4.69) is 55.4 Å². The summed E-state index contributed by atoms with van der Waals surface area (Å²) in [4.78, 5) is 31.6. The Labute approximate surface area is 198 Å². The van der Waals surface area contributed by atoms with E-state index in [4.69, 9.17) is 0 Å². The van der Waals surface area contributed by atoms with Crippen molar-refractivity contribution < 1.29 is 50.2 Å². The van der Waals surface area contributed by atoms with Crippen LogP contribution in [0.4, 0.5) is 0 Å². The molecule has 0 aromatic rings. The van der Waals surface area contributed by atoms with E-state index < -0.39 is 35.8 Å². The van der Waals surface area contributed by atoms with Crippen molar-refractivity contribution in [3.8, 4) is 0 Å². The van der Waals surface area contributed by atoms with Gasteiger partial charge in [-0.1, -0.05) is 0 Å². The van der Waals surface area contributed by atoms with Crippen LogP contribution in [0.25, 0.3) is 0 Å². The van der Waals surface area contributed by atoms with Gasteiger partial charge in [-0.2, -0.15) is 0 Å². The van der Waals surface area contributed by atoms with Gasteiger partial charge in [-0.3, -0.25) is 0 Å². The zero-order valence-corrected chi connectivity index (χ0v) is 24.3. The molecule has 9 heteroatoms. The summed E-state index contributed by atoms with van der Waals surface area (Å²) in [6, 6.07) is 0. The van der Waals surface area contributed by atoms with Crippen LogP contribution in [0.1, 0.15) is 55.4 Å². The molecule has 0 aromatic heterocycles. The number of hydrogen-bond acceptors (Lipinski definition) is 3. The maximum absolute atomic E-state index is 9.35. The van der Waals surface area contributed by atoms with Gasteiger partial charge in [-0.15, -0.1) is 24.8 Å². The summed E-state index contributed by atoms with van der Waals surface area (Å²) in [6.07, 6.45) is 0. The predicted octanol–water partition coefficient (Wildman–Crippen LogP) is 5.13. The Kier molecular flexibility index (Phi) is 13.6. The number of halogens is 2. The number of allylic oxidation sites excluding steroid dienone is 4. The molecule has 2 aliphatic heterocycles. The van der Waals surface area contributed by atoms with Crippen molar-refractivity contribution in [2.75, 3.05) is 0 Å². The second kappa shape index (κ2) is 12.4. The summed E-state index contributed by atoms with van der Waals surface area (Å²) in [7, 11) is 3.21. The monoisotopic (exact) mass is 580 g/mol. The molecule has 2 heterocycles. The molecule has 3 nitrogen and oxygen atoms in total. The fraction of sp³-hybridized carbons (Fsp3) is 0.526. The quantitative estimate of drug-likeness (QED) is 0.336. The molecule has 0 saturated carbocycles. The molecule has 0 spiro atoms.